The number of rotatable bonds is 6. The Kier molecular flexibility index (Phi) is 7.21. The molecular formula is C35H26ClFN2O3S. The zero-order valence-electron chi connectivity index (χ0n) is 23.2. The van der Waals surface area contributed by atoms with Crippen molar-refractivity contribution in [2.24, 2.45) is 4.99 Å². The smallest absolute Gasteiger partial charge is 0.271 e. The van der Waals surface area contributed by atoms with Crippen molar-refractivity contribution in [2.75, 3.05) is 7.11 Å². The second-order valence-corrected chi connectivity index (χ2v) is 11.9. The number of methoxy groups -OCH3 is 1. The predicted octanol–water partition coefficient (Wildman–Crippen LogP) is 6.70. The van der Waals surface area contributed by atoms with E-state index in [4.69, 9.17) is 26.1 Å². The van der Waals surface area contributed by atoms with E-state index in [1.807, 2.05) is 60.7 Å². The first-order valence-electron chi connectivity index (χ1n) is 13.9. The Morgan fingerprint density at radius 3 is 2.60 bits per heavy atom. The highest BCUT2D eigenvalue weighted by Crippen LogP contribution is 2.41. The Labute approximate surface area is 256 Å². The molecule has 0 fully saturated rings. The van der Waals surface area contributed by atoms with E-state index < -0.39 is 0 Å². The molecule has 7 rings (SSSR count). The summed E-state index contributed by atoms with van der Waals surface area (Å²) in [7, 11) is 1.58. The van der Waals surface area contributed by atoms with E-state index in [9.17, 15) is 9.18 Å². The van der Waals surface area contributed by atoms with Gasteiger partial charge in [-0.25, -0.2) is 9.38 Å². The molecule has 0 saturated carbocycles. The fraction of sp³-hybridized carbons (Fsp3) is 0.143. The molecule has 4 aromatic carbocycles. The summed E-state index contributed by atoms with van der Waals surface area (Å²) in [5.74, 6) is 0.807. The maximum absolute atomic E-state index is 14.0. The Hall–Kier alpha value is -4.46. The molecule has 8 heteroatoms. The van der Waals surface area contributed by atoms with Crippen molar-refractivity contribution in [3.8, 4) is 11.5 Å². The van der Waals surface area contributed by atoms with Crippen LogP contribution in [0.5, 0.6) is 11.5 Å². The van der Waals surface area contributed by atoms with Crippen molar-refractivity contribution in [1.29, 1.82) is 0 Å². The molecule has 43 heavy (non-hydrogen) atoms. The number of hydrogen-bond acceptors (Lipinski definition) is 5. The van der Waals surface area contributed by atoms with Crippen LogP contribution in [0.4, 0.5) is 4.39 Å². The third-order valence-corrected chi connectivity index (χ3v) is 9.24. The Morgan fingerprint density at radius 1 is 1.00 bits per heavy atom. The Morgan fingerprint density at radius 2 is 1.79 bits per heavy atom. The first kappa shape index (κ1) is 27.4. The summed E-state index contributed by atoms with van der Waals surface area (Å²) >= 11 is 7.63. The molecule has 214 valence electrons. The lowest BCUT2D eigenvalue weighted by atomic mass is 9.83. The van der Waals surface area contributed by atoms with Crippen molar-refractivity contribution in [3.63, 3.8) is 0 Å². The van der Waals surface area contributed by atoms with Crippen LogP contribution in [0, 0.1) is 5.82 Å². The molecule has 2 heterocycles. The van der Waals surface area contributed by atoms with E-state index in [0.29, 0.717) is 32.5 Å². The largest absolute Gasteiger partial charge is 0.493 e. The number of aromatic nitrogens is 1. The van der Waals surface area contributed by atoms with Gasteiger partial charge in [-0.05, 0) is 71.5 Å². The molecule has 1 aliphatic heterocycles. The summed E-state index contributed by atoms with van der Waals surface area (Å²) in [6, 6.07) is 27.4. The van der Waals surface area contributed by atoms with Gasteiger partial charge in [0, 0.05) is 16.1 Å². The molecule has 0 bridgehead atoms. The van der Waals surface area contributed by atoms with Crippen molar-refractivity contribution in [3.05, 3.63) is 155 Å². The molecule has 0 unspecified atom stereocenters. The van der Waals surface area contributed by atoms with Crippen molar-refractivity contribution in [2.45, 2.75) is 25.5 Å². The van der Waals surface area contributed by atoms with Crippen LogP contribution in [0.1, 0.15) is 40.3 Å². The minimum atomic E-state index is -0.363. The number of hydrogen-bond donors (Lipinski definition) is 0. The van der Waals surface area contributed by atoms with Crippen LogP contribution in [-0.2, 0) is 13.0 Å². The SMILES string of the molecule is COc1cc(/C=c2/sc3n(c2=O)[C@@H](c2ccc(F)cc2)C2=C(N=3)c3ccccc3CC2)ccc1OCc1ccccc1Cl. The van der Waals surface area contributed by atoms with Gasteiger partial charge < -0.3 is 9.47 Å². The average molecular weight is 609 g/mol. The Bertz CT molecular complexity index is 2080. The normalized spacial score (nSPS) is 15.8. The maximum atomic E-state index is 14.0. The number of halogens is 2. The summed E-state index contributed by atoms with van der Waals surface area (Å²) in [5, 5.41) is 0.637. The van der Waals surface area contributed by atoms with Gasteiger partial charge in [0.15, 0.2) is 16.3 Å². The quantitative estimate of drug-likeness (QED) is 0.216. The van der Waals surface area contributed by atoms with E-state index in [2.05, 4.69) is 12.1 Å². The zero-order valence-corrected chi connectivity index (χ0v) is 24.8. The van der Waals surface area contributed by atoms with E-state index in [1.165, 1.54) is 29.0 Å². The number of ether oxygens (including phenoxy) is 2. The molecule has 5 nitrogen and oxygen atoms in total. The highest BCUT2D eigenvalue weighted by molar-refractivity contribution is 7.07. The van der Waals surface area contributed by atoms with Crippen LogP contribution in [0.2, 0.25) is 5.02 Å². The highest BCUT2D eigenvalue weighted by Gasteiger charge is 2.32. The van der Waals surface area contributed by atoms with E-state index in [1.54, 1.807) is 23.8 Å². The fourth-order valence-corrected chi connectivity index (χ4v) is 6.97. The van der Waals surface area contributed by atoms with E-state index in [0.717, 1.165) is 46.4 Å². The van der Waals surface area contributed by atoms with Crippen LogP contribution < -0.4 is 24.4 Å². The van der Waals surface area contributed by atoms with Gasteiger partial charge in [-0.1, -0.05) is 83.6 Å². The van der Waals surface area contributed by atoms with Crippen LogP contribution in [0.25, 0.3) is 11.8 Å². The third kappa shape index (κ3) is 5.09. The minimum absolute atomic E-state index is 0.138. The van der Waals surface area contributed by atoms with Crippen LogP contribution >= 0.6 is 22.9 Å². The molecule has 2 aliphatic rings. The monoisotopic (exact) mass is 608 g/mol. The molecule has 0 amide bonds. The summed E-state index contributed by atoms with van der Waals surface area (Å²) in [6.07, 6.45) is 3.48. The van der Waals surface area contributed by atoms with Gasteiger partial charge in [0.1, 0.15) is 12.4 Å². The van der Waals surface area contributed by atoms with Crippen molar-refractivity contribution in [1.82, 2.24) is 4.57 Å². The number of thiazole rings is 1. The fourth-order valence-electron chi connectivity index (χ4n) is 5.78. The standard InChI is InChI=1S/C35H26ClFN2O3S/c1-41-30-18-21(10-17-29(30)42-20-24-7-3-5-9-28(24)36)19-31-34(40)39-33(23-11-14-25(37)15-12-23)27-16-13-22-6-2-4-8-26(22)32(27)38-35(39)43-31/h2-12,14-15,17-19,33H,13,16,20H2,1H3/b31-19+/t33-/m0/s1. The minimum Gasteiger partial charge on any atom is -0.493 e. The number of aryl methyl sites for hydroxylation is 1. The molecule has 1 aromatic heterocycles. The number of benzene rings is 4. The molecule has 0 N–H and O–H groups in total. The van der Waals surface area contributed by atoms with Gasteiger partial charge >= 0.3 is 0 Å². The molecule has 1 aliphatic carbocycles. The predicted molar refractivity (Wildman–Crippen MR) is 168 cm³/mol. The molecular weight excluding hydrogens is 583 g/mol. The van der Waals surface area contributed by atoms with Crippen molar-refractivity contribution >= 4 is 34.7 Å². The van der Waals surface area contributed by atoms with Crippen LogP contribution in [0.15, 0.2) is 106 Å². The Balaban J connectivity index is 1.31. The van der Waals surface area contributed by atoms with Crippen LogP contribution in [-0.4, -0.2) is 11.7 Å². The number of nitrogens with zero attached hydrogens (tertiary/aromatic N) is 2. The zero-order chi connectivity index (χ0) is 29.5. The summed E-state index contributed by atoms with van der Waals surface area (Å²) in [4.78, 5) is 19.7. The summed E-state index contributed by atoms with van der Waals surface area (Å²) in [5.41, 5.74) is 6.70. The second kappa shape index (κ2) is 11.3. The molecule has 0 spiro atoms. The lowest BCUT2D eigenvalue weighted by molar-refractivity contribution is 0.284. The van der Waals surface area contributed by atoms with E-state index >= 15 is 0 Å². The number of allylic oxidation sites excluding steroid dienone is 1. The molecule has 1 atom stereocenters. The van der Waals surface area contributed by atoms with Gasteiger partial charge in [-0.3, -0.25) is 9.36 Å². The summed E-state index contributed by atoms with van der Waals surface area (Å²) in [6.45, 7) is 0.297. The second-order valence-electron chi connectivity index (χ2n) is 10.5. The topological polar surface area (TPSA) is 52.8 Å². The van der Waals surface area contributed by atoms with Gasteiger partial charge in [0.2, 0.25) is 0 Å². The lowest BCUT2D eigenvalue weighted by Gasteiger charge is -2.30. The lowest BCUT2D eigenvalue weighted by Crippen LogP contribution is -2.38. The highest BCUT2D eigenvalue weighted by atomic mass is 35.5. The number of fused-ring (bicyclic) bond motifs is 3. The van der Waals surface area contributed by atoms with Crippen molar-refractivity contribution < 1.29 is 13.9 Å². The molecule has 5 aromatic rings. The van der Waals surface area contributed by atoms with E-state index in [-0.39, 0.29) is 17.4 Å². The summed E-state index contributed by atoms with van der Waals surface area (Å²) < 4.78 is 27.9. The first-order valence-corrected chi connectivity index (χ1v) is 15.1. The molecule has 0 saturated heterocycles. The first-order chi connectivity index (χ1) is 21.0. The van der Waals surface area contributed by atoms with Gasteiger partial charge in [0.05, 0.1) is 23.4 Å². The van der Waals surface area contributed by atoms with Gasteiger partial charge in [0.25, 0.3) is 5.56 Å². The van der Waals surface area contributed by atoms with Gasteiger partial charge in [-0.15, -0.1) is 0 Å². The molecule has 0 radical (unpaired) electrons. The average Bonchev–Trinajstić information content (AvgIpc) is 3.34. The van der Waals surface area contributed by atoms with Gasteiger partial charge in [-0.2, -0.15) is 0 Å². The maximum Gasteiger partial charge on any atom is 0.271 e. The third-order valence-electron chi connectivity index (χ3n) is 7.89. The van der Waals surface area contributed by atoms with Crippen LogP contribution in [0.3, 0.4) is 0 Å².